The molecular formula is C66H48N2. The van der Waals surface area contributed by atoms with Crippen molar-refractivity contribution in [2.24, 2.45) is 0 Å². The lowest BCUT2D eigenvalue weighted by molar-refractivity contribution is 0.632. The van der Waals surface area contributed by atoms with Crippen molar-refractivity contribution in [3.8, 4) is 22.3 Å². The van der Waals surface area contributed by atoms with E-state index >= 15 is 0 Å². The molecule has 0 radical (unpaired) electrons. The highest BCUT2D eigenvalue weighted by atomic mass is 15.2. The highest BCUT2D eigenvalue weighted by Gasteiger charge is 2.47. The number of hydrogen-bond acceptors (Lipinski definition) is 2. The number of anilines is 6. The van der Waals surface area contributed by atoms with Crippen LogP contribution in [0.4, 0.5) is 34.1 Å². The van der Waals surface area contributed by atoms with Gasteiger partial charge in [-0.15, -0.1) is 0 Å². The number of fused-ring (bicyclic) bond motifs is 7. The van der Waals surface area contributed by atoms with Gasteiger partial charge in [0.25, 0.3) is 0 Å². The Bertz CT molecular complexity index is 3680. The fraction of sp³-hybridized carbons (Fsp3) is 0.0606. The molecule has 1 aliphatic heterocycles. The molecule has 0 spiro atoms. The van der Waals surface area contributed by atoms with E-state index in [9.17, 15) is 0 Å². The lowest BCUT2D eigenvalue weighted by Gasteiger charge is -2.45. The van der Waals surface area contributed by atoms with Gasteiger partial charge in [0.2, 0.25) is 0 Å². The van der Waals surface area contributed by atoms with Crippen molar-refractivity contribution in [2.45, 2.75) is 24.7 Å². The van der Waals surface area contributed by atoms with Crippen LogP contribution in [-0.2, 0) is 10.8 Å². The van der Waals surface area contributed by atoms with E-state index in [0.717, 1.165) is 17.1 Å². The van der Waals surface area contributed by atoms with Crippen LogP contribution >= 0.6 is 0 Å². The predicted octanol–water partition coefficient (Wildman–Crippen LogP) is 17.6. The highest BCUT2D eigenvalue weighted by molar-refractivity contribution is 6.11. The molecule has 2 heteroatoms. The summed E-state index contributed by atoms with van der Waals surface area (Å²) < 4.78 is 0. The van der Waals surface area contributed by atoms with Gasteiger partial charge in [-0.3, -0.25) is 0 Å². The maximum absolute atomic E-state index is 2.58. The maximum atomic E-state index is 2.58. The zero-order valence-electron chi connectivity index (χ0n) is 38.1. The summed E-state index contributed by atoms with van der Waals surface area (Å²) >= 11 is 0. The molecule has 1 aliphatic carbocycles. The van der Waals surface area contributed by atoms with Crippen molar-refractivity contribution in [3.05, 3.63) is 288 Å². The number of para-hydroxylation sites is 2. The van der Waals surface area contributed by atoms with Crippen LogP contribution < -0.4 is 9.80 Å². The summed E-state index contributed by atoms with van der Waals surface area (Å²) in [5.74, 6) is 0. The van der Waals surface area contributed by atoms with E-state index in [1.165, 1.54) is 94.2 Å². The van der Waals surface area contributed by atoms with Crippen molar-refractivity contribution >= 4 is 55.7 Å². The molecule has 0 saturated heterocycles. The first-order valence-corrected chi connectivity index (χ1v) is 23.8. The van der Waals surface area contributed by atoms with E-state index in [-0.39, 0.29) is 0 Å². The number of hydrogen-bond donors (Lipinski definition) is 0. The van der Waals surface area contributed by atoms with Gasteiger partial charge in [-0.25, -0.2) is 0 Å². The zero-order chi connectivity index (χ0) is 45.4. The van der Waals surface area contributed by atoms with Gasteiger partial charge in [0, 0.05) is 33.3 Å². The summed E-state index contributed by atoms with van der Waals surface area (Å²) in [6, 6.07) is 94.5. The quantitative estimate of drug-likeness (QED) is 0.157. The van der Waals surface area contributed by atoms with Crippen molar-refractivity contribution in [1.29, 1.82) is 0 Å². The Morgan fingerprint density at radius 3 is 1.63 bits per heavy atom. The highest BCUT2D eigenvalue weighted by Crippen LogP contribution is 2.60. The van der Waals surface area contributed by atoms with Crippen LogP contribution in [0.15, 0.2) is 255 Å². The average Bonchev–Trinajstić information content (AvgIpc) is 3.70. The predicted molar refractivity (Wildman–Crippen MR) is 286 cm³/mol. The van der Waals surface area contributed by atoms with Crippen molar-refractivity contribution < 1.29 is 0 Å². The van der Waals surface area contributed by atoms with Crippen LogP contribution in [0.3, 0.4) is 0 Å². The molecule has 0 N–H and O–H groups in total. The van der Waals surface area contributed by atoms with Crippen molar-refractivity contribution in [1.82, 2.24) is 0 Å². The molecule has 68 heavy (non-hydrogen) atoms. The lowest BCUT2D eigenvalue weighted by Crippen LogP contribution is -2.33. The molecule has 0 unspecified atom stereocenters. The Hall–Kier alpha value is -8.46. The molecule has 322 valence electrons. The van der Waals surface area contributed by atoms with Gasteiger partial charge in [0.1, 0.15) is 0 Å². The molecule has 0 atom stereocenters. The second-order valence-electron chi connectivity index (χ2n) is 18.8. The molecule has 13 rings (SSSR count). The van der Waals surface area contributed by atoms with E-state index in [1.54, 1.807) is 0 Å². The molecule has 2 aliphatic rings. The van der Waals surface area contributed by atoms with Gasteiger partial charge >= 0.3 is 0 Å². The standard InChI is InChI=1S/C66H48N2/c1-65(2)58-36-18-19-37-60(58)68(64-52-32-15-13-23-46(52)40-42-56(64)53-34-20-24-45-22-12-14-31-51(45)53)62-39-21-38-61(63(62)65)67(49-29-10-5-11-30-49)50-41-43-55-54-33-16-17-35-57(54)66(59(55)44-50,47-25-6-3-7-26-47)48-27-8-4-9-28-48/h3-44H,1-2H3. The summed E-state index contributed by atoms with van der Waals surface area (Å²) in [6.07, 6.45) is 0. The molecule has 11 aromatic rings. The first kappa shape index (κ1) is 39.9. The summed E-state index contributed by atoms with van der Waals surface area (Å²) in [5, 5.41) is 4.88. The van der Waals surface area contributed by atoms with Crippen LogP contribution in [0.5, 0.6) is 0 Å². The third-order valence-corrected chi connectivity index (χ3v) is 14.9. The van der Waals surface area contributed by atoms with E-state index in [4.69, 9.17) is 0 Å². The first-order chi connectivity index (χ1) is 33.5. The Morgan fingerprint density at radius 2 is 0.882 bits per heavy atom. The Labute approximate surface area is 398 Å². The second-order valence-corrected chi connectivity index (χ2v) is 18.8. The van der Waals surface area contributed by atoms with Crippen LogP contribution in [0.2, 0.25) is 0 Å². The average molecular weight is 869 g/mol. The van der Waals surface area contributed by atoms with E-state index < -0.39 is 10.8 Å². The molecule has 0 saturated carbocycles. The van der Waals surface area contributed by atoms with E-state index in [2.05, 4.69) is 278 Å². The topological polar surface area (TPSA) is 6.48 Å². The fourth-order valence-corrected chi connectivity index (χ4v) is 12.0. The van der Waals surface area contributed by atoms with E-state index in [0.29, 0.717) is 0 Å². The molecule has 11 aromatic carbocycles. The summed E-state index contributed by atoms with van der Waals surface area (Å²) in [5.41, 5.74) is 18.5. The van der Waals surface area contributed by atoms with E-state index in [1.807, 2.05) is 0 Å². The largest absolute Gasteiger partial charge is 0.310 e. The molecular weight excluding hydrogens is 821 g/mol. The minimum atomic E-state index is -0.537. The number of rotatable bonds is 7. The van der Waals surface area contributed by atoms with Crippen LogP contribution in [0, 0.1) is 0 Å². The Morgan fingerprint density at radius 1 is 0.353 bits per heavy atom. The SMILES string of the molecule is CC1(C)c2ccccc2N(c2c(-c3cccc4ccccc34)ccc3ccccc23)c2cccc(N(c3ccccc3)c3ccc4c(c3)C(c3ccccc3)(c3ccccc3)c3ccccc3-4)c21. The summed E-state index contributed by atoms with van der Waals surface area (Å²) in [6.45, 7) is 4.83. The summed E-state index contributed by atoms with van der Waals surface area (Å²) in [4.78, 5) is 5.10. The Kier molecular flexibility index (Phi) is 9.13. The van der Waals surface area contributed by atoms with Gasteiger partial charge < -0.3 is 9.80 Å². The van der Waals surface area contributed by atoms with Crippen LogP contribution in [-0.4, -0.2) is 0 Å². The molecule has 0 bridgehead atoms. The first-order valence-electron chi connectivity index (χ1n) is 23.8. The normalized spacial score (nSPS) is 13.9. The third kappa shape index (κ3) is 5.84. The van der Waals surface area contributed by atoms with Gasteiger partial charge in [-0.05, 0) is 103 Å². The second kappa shape index (κ2) is 15.6. The number of benzene rings is 11. The van der Waals surface area contributed by atoms with Gasteiger partial charge in [-0.1, -0.05) is 226 Å². The maximum Gasteiger partial charge on any atom is 0.0714 e. The minimum absolute atomic E-state index is 0.402. The van der Waals surface area contributed by atoms with Gasteiger partial charge in [0.15, 0.2) is 0 Å². The van der Waals surface area contributed by atoms with Crippen molar-refractivity contribution in [3.63, 3.8) is 0 Å². The zero-order valence-corrected chi connectivity index (χ0v) is 38.1. The molecule has 0 fully saturated rings. The van der Waals surface area contributed by atoms with Gasteiger partial charge in [-0.2, -0.15) is 0 Å². The molecule has 2 nitrogen and oxygen atoms in total. The number of nitrogens with zero attached hydrogens (tertiary/aromatic N) is 2. The van der Waals surface area contributed by atoms with Crippen molar-refractivity contribution in [2.75, 3.05) is 9.80 Å². The molecule has 0 aromatic heterocycles. The van der Waals surface area contributed by atoms with Crippen LogP contribution in [0.25, 0.3) is 43.8 Å². The third-order valence-electron chi connectivity index (χ3n) is 14.9. The Balaban J connectivity index is 1.10. The smallest absolute Gasteiger partial charge is 0.0714 e. The van der Waals surface area contributed by atoms with Gasteiger partial charge in [0.05, 0.1) is 28.2 Å². The molecule has 0 amide bonds. The minimum Gasteiger partial charge on any atom is -0.310 e. The summed E-state index contributed by atoms with van der Waals surface area (Å²) in [7, 11) is 0. The fourth-order valence-electron chi connectivity index (χ4n) is 12.0. The van der Waals surface area contributed by atoms with Crippen LogP contribution in [0.1, 0.15) is 47.2 Å². The molecule has 1 heterocycles. The lowest BCUT2D eigenvalue weighted by atomic mass is 9.67. The monoisotopic (exact) mass is 868 g/mol.